The van der Waals surface area contributed by atoms with E-state index in [1.807, 2.05) is 64.9 Å². The third-order valence-electron chi connectivity index (χ3n) is 4.05. The lowest BCUT2D eigenvalue weighted by atomic mass is 10.1. The predicted molar refractivity (Wildman–Crippen MR) is 96.0 cm³/mol. The number of carbonyl (C=O) groups excluding carboxylic acids is 1. The smallest absolute Gasteiger partial charge is 0.316 e. The average Bonchev–Trinajstić information content (AvgIpc) is 3.20. The molecule has 0 aliphatic carbocycles. The molecule has 0 unspecified atom stereocenters. The molecular formula is C18H16N6O. The van der Waals surface area contributed by atoms with Crippen LogP contribution in [0.4, 0.5) is 10.5 Å². The molecule has 3 heterocycles. The molecule has 0 aliphatic heterocycles. The van der Waals surface area contributed by atoms with Crippen molar-refractivity contribution in [3.63, 3.8) is 0 Å². The van der Waals surface area contributed by atoms with E-state index in [-0.39, 0.29) is 0 Å². The topological polar surface area (TPSA) is 90.2 Å². The van der Waals surface area contributed by atoms with E-state index in [0.29, 0.717) is 5.69 Å². The van der Waals surface area contributed by atoms with Gasteiger partial charge < -0.3 is 15.6 Å². The van der Waals surface area contributed by atoms with Crippen LogP contribution in [-0.2, 0) is 7.05 Å². The van der Waals surface area contributed by atoms with E-state index in [1.165, 1.54) is 0 Å². The number of urea groups is 1. The second kappa shape index (κ2) is 5.79. The van der Waals surface area contributed by atoms with Crippen LogP contribution in [0.5, 0.6) is 0 Å². The lowest BCUT2D eigenvalue weighted by Crippen LogP contribution is -2.19. The standard InChI is InChI=1S/C18H16N6O/c1-23-11-20-9-15(23)13-5-6-24-16(10-21-17(24)8-13)12-3-2-4-14(7-12)22-18(19)25/h2-11H,1H3,(H3,19,22,25). The van der Waals surface area contributed by atoms with Gasteiger partial charge in [0.15, 0.2) is 0 Å². The zero-order valence-corrected chi connectivity index (χ0v) is 13.5. The molecular weight excluding hydrogens is 316 g/mol. The normalized spacial score (nSPS) is 10.9. The Morgan fingerprint density at radius 3 is 2.72 bits per heavy atom. The number of hydrogen-bond donors (Lipinski definition) is 2. The number of aryl methyl sites for hydroxylation is 1. The molecule has 0 radical (unpaired) electrons. The van der Waals surface area contributed by atoms with Crippen LogP contribution in [0.15, 0.2) is 61.3 Å². The van der Waals surface area contributed by atoms with Crippen molar-refractivity contribution in [2.24, 2.45) is 12.8 Å². The zero-order chi connectivity index (χ0) is 17.4. The first-order chi connectivity index (χ1) is 12.1. The van der Waals surface area contributed by atoms with Gasteiger partial charge in [0.2, 0.25) is 0 Å². The van der Waals surface area contributed by atoms with Gasteiger partial charge in [-0.1, -0.05) is 12.1 Å². The van der Waals surface area contributed by atoms with E-state index in [4.69, 9.17) is 5.73 Å². The fourth-order valence-corrected chi connectivity index (χ4v) is 2.89. The summed E-state index contributed by atoms with van der Waals surface area (Å²) in [4.78, 5) is 19.7. The van der Waals surface area contributed by atoms with Crippen LogP contribution in [0.1, 0.15) is 0 Å². The van der Waals surface area contributed by atoms with Crippen LogP contribution >= 0.6 is 0 Å². The molecule has 0 atom stereocenters. The highest BCUT2D eigenvalue weighted by molar-refractivity contribution is 5.88. The fourth-order valence-electron chi connectivity index (χ4n) is 2.89. The number of aromatic nitrogens is 4. The lowest BCUT2D eigenvalue weighted by molar-refractivity contribution is 0.259. The molecule has 0 saturated carbocycles. The summed E-state index contributed by atoms with van der Waals surface area (Å²) in [7, 11) is 1.96. The minimum absolute atomic E-state index is 0.587. The highest BCUT2D eigenvalue weighted by atomic mass is 16.2. The SMILES string of the molecule is Cn1cncc1-c1ccn2c(-c3cccc(NC(N)=O)c3)cnc2c1. The van der Waals surface area contributed by atoms with Crippen LogP contribution < -0.4 is 11.1 Å². The molecule has 0 fully saturated rings. The summed E-state index contributed by atoms with van der Waals surface area (Å²) in [6, 6.07) is 10.9. The number of nitrogens with two attached hydrogens (primary N) is 1. The van der Waals surface area contributed by atoms with E-state index >= 15 is 0 Å². The summed E-state index contributed by atoms with van der Waals surface area (Å²) < 4.78 is 3.97. The van der Waals surface area contributed by atoms with Gasteiger partial charge in [0, 0.05) is 30.1 Å². The Balaban J connectivity index is 1.77. The van der Waals surface area contributed by atoms with Crippen LogP contribution in [0, 0.1) is 0 Å². The number of hydrogen-bond acceptors (Lipinski definition) is 3. The predicted octanol–water partition coefficient (Wildman–Crippen LogP) is 2.89. The molecule has 4 rings (SSSR count). The Morgan fingerprint density at radius 1 is 1.12 bits per heavy atom. The molecule has 7 nitrogen and oxygen atoms in total. The number of benzene rings is 1. The van der Waals surface area contributed by atoms with E-state index in [2.05, 4.69) is 15.3 Å². The molecule has 0 saturated heterocycles. The first-order valence-electron chi connectivity index (χ1n) is 7.72. The monoisotopic (exact) mass is 332 g/mol. The molecule has 7 heteroatoms. The summed E-state index contributed by atoms with van der Waals surface area (Å²) in [6.07, 6.45) is 7.39. The molecule has 1 aromatic carbocycles. The molecule has 0 bridgehead atoms. The van der Waals surface area contributed by atoms with Crippen molar-refractivity contribution < 1.29 is 4.79 Å². The van der Waals surface area contributed by atoms with Crippen molar-refractivity contribution in [2.45, 2.75) is 0 Å². The van der Waals surface area contributed by atoms with Gasteiger partial charge in [0.05, 0.1) is 30.1 Å². The molecule has 3 aromatic heterocycles. The van der Waals surface area contributed by atoms with Crippen LogP contribution in [0.25, 0.3) is 28.2 Å². The number of anilines is 1. The van der Waals surface area contributed by atoms with Crippen LogP contribution in [0.3, 0.4) is 0 Å². The van der Waals surface area contributed by atoms with Gasteiger partial charge in [-0.2, -0.15) is 0 Å². The quantitative estimate of drug-likeness (QED) is 0.604. The van der Waals surface area contributed by atoms with E-state index in [9.17, 15) is 4.79 Å². The number of amides is 2. The van der Waals surface area contributed by atoms with Crippen LogP contribution in [-0.4, -0.2) is 25.0 Å². The van der Waals surface area contributed by atoms with E-state index in [0.717, 1.165) is 28.2 Å². The third kappa shape index (κ3) is 2.72. The number of fused-ring (bicyclic) bond motifs is 1. The number of primary amides is 1. The van der Waals surface area contributed by atoms with Gasteiger partial charge in [0.25, 0.3) is 0 Å². The number of rotatable bonds is 3. The van der Waals surface area contributed by atoms with Gasteiger partial charge >= 0.3 is 6.03 Å². The summed E-state index contributed by atoms with van der Waals surface area (Å²) in [5.74, 6) is 0. The summed E-state index contributed by atoms with van der Waals surface area (Å²) in [5, 5.41) is 2.59. The maximum atomic E-state index is 11.0. The maximum Gasteiger partial charge on any atom is 0.316 e. The number of carbonyl (C=O) groups is 1. The highest BCUT2D eigenvalue weighted by Crippen LogP contribution is 2.26. The second-order valence-corrected chi connectivity index (χ2v) is 5.75. The Kier molecular flexibility index (Phi) is 3.46. The molecule has 2 amide bonds. The maximum absolute atomic E-state index is 11.0. The van der Waals surface area contributed by atoms with Crippen molar-refractivity contribution in [1.82, 2.24) is 18.9 Å². The molecule has 0 spiro atoms. The van der Waals surface area contributed by atoms with Gasteiger partial charge in [-0.05, 0) is 24.3 Å². The summed E-state index contributed by atoms with van der Waals surface area (Å²) in [6.45, 7) is 0. The van der Waals surface area contributed by atoms with Gasteiger partial charge in [-0.15, -0.1) is 0 Å². The van der Waals surface area contributed by atoms with Crippen molar-refractivity contribution in [3.8, 4) is 22.5 Å². The van der Waals surface area contributed by atoms with Gasteiger partial charge in [-0.25, -0.2) is 14.8 Å². The number of nitrogens with one attached hydrogen (secondary N) is 1. The van der Waals surface area contributed by atoms with Crippen molar-refractivity contribution in [1.29, 1.82) is 0 Å². The minimum Gasteiger partial charge on any atom is -0.351 e. The first kappa shape index (κ1) is 14.9. The first-order valence-corrected chi connectivity index (χ1v) is 7.72. The fraction of sp³-hybridized carbons (Fsp3) is 0.0556. The Bertz CT molecular complexity index is 1080. The van der Waals surface area contributed by atoms with E-state index in [1.54, 1.807) is 12.4 Å². The molecule has 124 valence electrons. The zero-order valence-electron chi connectivity index (χ0n) is 13.5. The molecule has 25 heavy (non-hydrogen) atoms. The Hall–Kier alpha value is -3.61. The molecule has 4 aromatic rings. The van der Waals surface area contributed by atoms with Crippen molar-refractivity contribution in [3.05, 3.63) is 61.3 Å². The molecule has 3 N–H and O–H groups in total. The number of nitrogens with zero attached hydrogens (tertiary/aromatic N) is 4. The Labute approximate surface area is 143 Å². The van der Waals surface area contributed by atoms with E-state index < -0.39 is 6.03 Å². The summed E-state index contributed by atoms with van der Waals surface area (Å²) >= 11 is 0. The summed E-state index contributed by atoms with van der Waals surface area (Å²) in [5.41, 5.74) is 10.6. The van der Waals surface area contributed by atoms with Crippen LogP contribution in [0.2, 0.25) is 0 Å². The number of imidazole rings is 2. The second-order valence-electron chi connectivity index (χ2n) is 5.75. The third-order valence-corrected chi connectivity index (χ3v) is 4.05. The molecule has 0 aliphatic rings. The lowest BCUT2D eigenvalue weighted by Gasteiger charge is -2.07. The average molecular weight is 332 g/mol. The van der Waals surface area contributed by atoms with Gasteiger partial charge in [0.1, 0.15) is 5.65 Å². The van der Waals surface area contributed by atoms with Crippen molar-refractivity contribution >= 4 is 17.4 Å². The largest absolute Gasteiger partial charge is 0.351 e. The highest BCUT2D eigenvalue weighted by Gasteiger charge is 2.09. The number of pyridine rings is 1. The van der Waals surface area contributed by atoms with Crippen molar-refractivity contribution in [2.75, 3.05) is 5.32 Å². The van der Waals surface area contributed by atoms with Gasteiger partial charge in [-0.3, -0.25) is 4.40 Å². The minimum atomic E-state index is -0.587. The Morgan fingerprint density at radius 2 is 1.96 bits per heavy atom.